The lowest BCUT2D eigenvalue weighted by Gasteiger charge is -2.35. The Balaban J connectivity index is 1.84. The summed E-state index contributed by atoms with van der Waals surface area (Å²) < 4.78 is 5.20. The number of allylic oxidation sites excluding steroid dienone is 1. The Morgan fingerprint density at radius 3 is 2.54 bits per heavy atom. The van der Waals surface area contributed by atoms with Gasteiger partial charge in [-0.2, -0.15) is 0 Å². The molecule has 4 N–H and O–H groups in total. The van der Waals surface area contributed by atoms with Gasteiger partial charge in [-0.3, -0.25) is 4.79 Å². The van der Waals surface area contributed by atoms with Crippen LogP contribution in [0.25, 0.3) is 0 Å². The molecule has 1 aromatic carbocycles. The normalized spacial score (nSPS) is 21.1. The number of benzene rings is 1. The van der Waals surface area contributed by atoms with E-state index in [1.807, 2.05) is 19.1 Å². The number of nitrogens with zero attached hydrogens (tertiary/aromatic N) is 1. The molecule has 0 spiro atoms. The number of thioether (sulfide) groups is 1. The van der Waals surface area contributed by atoms with E-state index in [1.54, 1.807) is 23.9 Å². The van der Waals surface area contributed by atoms with Gasteiger partial charge in [0.15, 0.2) is 6.61 Å². The van der Waals surface area contributed by atoms with E-state index in [0.717, 1.165) is 37.3 Å². The molecule has 0 radical (unpaired) electrons. The van der Waals surface area contributed by atoms with Gasteiger partial charge >= 0.3 is 5.97 Å². The SMILES string of the molecule is CC1=C(C(N)=O)SC(C2CCNCC2)N1c1ccc(OCC(=O)O)cc1. The fourth-order valence-electron chi connectivity index (χ4n) is 3.42. The summed E-state index contributed by atoms with van der Waals surface area (Å²) in [6.07, 6.45) is 2.10. The lowest BCUT2D eigenvalue weighted by atomic mass is 9.96. The largest absolute Gasteiger partial charge is 0.482 e. The second-order valence-electron chi connectivity index (χ2n) is 6.42. The van der Waals surface area contributed by atoms with E-state index in [0.29, 0.717) is 16.6 Å². The van der Waals surface area contributed by atoms with Gasteiger partial charge in [-0.25, -0.2) is 4.79 Å². The zero-order valence-corrected chi connectivity index (χ0v) is 15.4. The molecule has 1 unspecified atom stereocenters. The first-order valence-corrected chi connectivity index (χ1v) is 9.47. The fourth-order valence-corrected chi connectivity index (χ4v) is 4.90. The van der Waals surface area contributed by atoms with Crippen LogP contribution in [0.15, 0.2) is 34.9 Å². The molecule has 140 valence electrons. The van der Waals surface area contributed by atoms with Crippen molar-refractivity contribution in [1.29, 1.82) is 0 Å². The molecule has 26 heavy (non-hydrogen) atoms. The lowest BCUT2D eigenvalue weighted by Crippen LogP contribution is -2.40. The van der Waals surface area contributed by atoms with Crippen LogP contribution in [0.3, 0.4) is 0 Å². The van der Waals surface area contributed by atoms with Gasteiger partial charge in [-0.15, -0.1) is 0 Å². The Bertz CT molecular complexity index is 714. The minimum absolute atomic E-state index is 0.130. The molecule has 1 aromatic rings. The average molecular weight is 377 g/mol. The van der Waals surface area contributed by atoms with Crippen molar-refractivity contribution in [1.82, 2.24) is 5.32 Å². The molecule has 7 nitrogen and oxygen atoms in total. The Morgan fingerprint density at radius 2 is 1.96 bits per heavy atom. The molecule has 1 saturated heterocycles. The minimum atomic E-state index is -1.01. The van der Waals surface area contributed by atoms with Crippen LogP contribution in [0.5, 0.6) is 5.75 Å². The number of aliphatic carboxylic acids is 1. The van der Waals surface area contributed by atoms with E-state index < -0.39 is 11.9 Å². The second-order valence-corrected chi connectivity index (χ2v) is 7.55. The van der Waals surface area contributed by atoms with Gasteiger partial charge in [0, 0.05) is 11.4 Å². The van der Waals surface area contributed by atoms with Crippen molar-refractivity contribution < 1.29 is 19.4 Å². The van der Waals surface area contributed by atoms with E-state index in [-0.39, 0.29) is 12.0 Å². The standard InChI is InChI=1S/C18H23N3O4S/c1-11-16(17(19)24)26-18(12-6-8-20-9-7-12)21(11)13-2-4-14(5-3-13)25-10-15(22)23/h2-5,12,18,20H,6-10H2,1H3,(H2,19,24)(H,22,23). The molecule has 3 rings (SSSR count). The summed E-state index contributed by atoms with van der Waals surface area (Å²) in [6, 6.07) is 7.27. The third-order valence-corrected chi connectivity index (χ3v) is 6.24. The van der Waals surface area contributed by atoms with Crippen LogP contribution in [0.1, 0.15) is 19.8 Å². The van der Waals surface area contributed by atoms with Crippen molar-refractivity contribution in [2.45, 2.75) is 25.1 Å². The molecule has 2 heterocycles. The van der Waals surface area contributed by atoms with Crippen molar-refractivity contribution in [2.24, 2.45) is 11.7 Å². The van der Waals surface area contributed by atoms with Crippen LogP contribution < -0.4 is 20.7 Å². The number of carbonyl (C=O) groups is 2. The van der Waals surface area contributed by atoms with E-state index in [9.17, 15) is 9.59 Å². The summed E-state index contributed by atoms with van der Waals surface area (Å²) in [4.78, 5) is 25.2. The zero-order valence-electron chi connectivity index (χ0n) is 14.6. The summed E-state index contributed by atoms with van der Waals surface area (Å²) in [7, 11) is 0. The molecule has 1 fully saturated rings. The van der Waals surface area contributed by atoms with Crippen LogP contribution in [0.4, 0.5) is 5.69 Å². The molecule has 1 amide bonds. The fraction of sp³-hybridized carbons (Fsp3) is 0.444. The summed E-state index contributed by atoms with van der Waals surface area (Å²) in [5.74, 6) is -0.453. The number of amides is 1. The van der Waals surface area contributed by atoms with E-state index >= 15 is 0 Å². The van der Waals surface area contributed by atoms with Gasteiger partial charge in [-0.1, -0.05) is 11.8 Å². The molecule has 8 heteroatoms. The van der Waals surface area contributed by atoms with Gasteiger partial charge in [0.05, 0.1) is 10.3 Å². The molecule has 1 atom stereocenters. The van der Waals surface area contributed by atoms with Gasteiger partial charge in [-0.05, 0) is 63.0 Å². The Labute approximate surface area is 156 Å². The van der Waals surface area contributed by atoms with E-state index in [4.69, 9.17) is 15.6 Å². The Kier molecular flexibility index (Phi) is 5.73. The number of piperidine rings is 1. The third kappa shape index (κ3) is 3.96. The predicted octanol–water partition coefficient (Wildman–Crippen LogP) is 1.75. The number of nitrogens with two attached hydrogens (primary N) is 1. The topological polar surface area (TPSA) is 105 Å². The summed E-state index contributed by atoms with van der Waals surface area (Å²) in [5.41, 5.74) is 7.39. The van der Waals surface area contributed by atoms with Gasteiger partial charge in [0.25, 0.3) is 5.91 Å². The smallest absolute Gasteiger partial charge is 0.341 e. The lowest BCUT2D eigenvalue weighted by molar-refractivity contribution is -0.139. The Hall–Kier alpha value is -2.19. The molecule has 0 bridgehead atoms. The summed E-state index contributed by atoms with van der Waals surface area (Å²) >= 11 is 1.55. The van der Waals surface area contributed by atoms with Crippen LogP contribution in [-0.4, -0.2) is 42.1 Å². The number of carbonyl (C=O) groups excluding carboxylic acids is 1. The van der Waals surface area contributed by atoms with Crippen LogP contribution in [0, 0.1) is 5.92 Å². The first-order chi connectivity index (χ1) is 12.5. The van der Waals surface area contributed by atoms with Crippen LogP contribution >= 0.6 is 11.8 Å². The highest BCUT2D eigenvalue weighted by Crippen LogP contribution is 2.46. The molecular weight excluding hydrogens is 354 g/mol. The first kappa shape index (κ1) is 18.6. The molecule has 0 aliphatic carbocycles. The molecule has 2 aliphatic heterocycles. The number of carboxylic acids is 1. The van der Waals surface area contributed by atoms with E-state index in [2.05, 4.69) is 10.2 Å². The third-order valence-electron chi connectivity index (χ3n) is 4.67. The predicted molar refractivity (Wildman–Crippen MR) is 101 cm³/mol. The molecule has 2 aliphatic rings. The second kappa shape index (κ2) is 8.01. The van der Waals surface area contributed by atoms with Crippen LogP contribution in [0.2, 0.25) is 0 Å². The maximum atomic E-state index is 11.8. The summed E-state index contributed by atoms with van der Waals surface area (Å²) in [5, 5.41) is 12.2. The molecule has 0 saturated carbocycles. The van der Waals surface area contributed by atoms with Crippen molar-refractivity contribution in [3.63, 3.8) is 0 Å². The minimum Gasteiger partial charge on any atom is -0.482 e. The van der Waals surface area contributed by atoms with Crippen molar-refractivity contribution in [3.8, 4) is 5.75 Å². The number of primary amides is 1. The Morgan fingerprint density at radius 1 is 1.31 bits per heavy atom. The van der Waals surface area contributed by atoms with Crippen molar-refractivity contribution in [2.75, 3.05) is 24.6 Å². The number of carboxylic acid groups (broad SMARTS) is 1. The van der Waals surface area contributed by atoms with Crippen LogP contribution in [-0.2, 0) is 9.59 Å². The number of anilines is 1. The van der Waals surface area contributed by atoms with E-state index in [1.165, 1.54) is 0 Å². The number of nitrogens with one attached hydrogen (secondary N) is 1. The van der Waals surface area contributed by atoms with Gasteiger partial charge < -0.3 is 25.8 Å². The number of hydrogen-bond acceptors (Lipinski definition) is 6. The summed E-state index contributed by atoms with van der Waals surface area (Å²) in [6.45, 7) is 3.50. The zero-order chi connectivity index (χ0) is 18.7. The average Bonchev–Trinajstić information content (AvgIpc) is 2.98. The highest BCUT2D eigenvalue weighted by molar-refractivity contribution is 8.05. The van der Waals surface area contributed by atoms with Gasteiger partial charge in [0.1, 0.15) is 5.75 Å². The number of ether oxygens (including phenoxy) is 1. The maximum Gasteiger partial charge on any atom is 0.341 e. The highest BCUT2D eigenvalue weighted by Gasteiger charge is 2.38. The number of hydrogen-bond donors (Lipinski definition) is 3. The maximum absolute atomic E-state index is 11.8. The quantitative estimate of drug-likeness (QED) is 0.693. The number of rotatable bonds is 6. The van der Waals surface area contributed by atoms with Crippen molar-refractivity contribution in [3.05, 3.63) is 34.9 Å². The van der Waals surface area contributed by atoms with Gasteiger partial charge in [0.2, 0.25) is 0 Å². The monoisotopic (exact) mass is 377 g/mol. The first-order valence-electron chi connectivity index (χ1n) is 8.59. The highest BCUT2D eigenvalue weighted by atomic mass is 32.2. The van der Waals surface area contributed by atoms with Crippen molar-refractivity contribution >= 4 is 29.3 Å². The molecule has 0 aromatic heterocycles. The molecular formula is C18H23N3O4S.